The highest BCUT2D eigenvalue weighted by atomic mass is 16.7. The summed E-state index contributed by atoms with van der Waals surface area (Å²) in [6, 6.07) is 9.49. The quantitative estimate of drug-likeness (QED) is 0.752. The van der Waals surface area contributed by atoms with E-state index < -0.39 is 17.6 Å². The summed E-state index contributed by atoms with van der Waals surface area (Å²) < 4.78 is 11.1. The van der Waals surface area contributed by atoms with Gasteiger partial charge < -0.3 is 19.7 Å². The molecule has 2 aliphatic rings. The number of likely N-dealkylation sites (tertiary alicyclic amines) is 1. The summed E-state index contributed by atoms with van der Waals surface area (Å²) in [5, 5.41) is 9.46. The van der Waals surface area contributed by atoms with E-state index in [0.29, 0.717) is 37.8 Å². The van der Waals surface area contributed by atoms with Gasteiger partial charge in [0.25, 0.3) is 0 Å². The highest BCUT2D eigenvalue weighted by Gasteiger charge is 2.45. The topological polar surface area (TPSA) is 109 Å². The lowest BCUT2D eigenvalue weighted by atomic mass is 10.2. The molecule has 4 rings (SSSR count). The van der Waals surface area contributed by atoms with Crippen molar-refractivity contribution in [2.45, 2.75) is 18.8 Å². The van der Waals surface area contributed by atoms with E-state index in [4.69, 9.17) is 9.47 Å². The molecule has 2 saturated heterocycles. The Morgan fingerprint density at radius 3 is 2.77 bits per heavy atom. The molecule has 2 aliphatic heterocycles. The molecule has 1 aromatic carbocycles. The Morgan fingerprint density at radius 1 is 1.23 bits per heavy atom. The fourth-order valence-corrected chi connectivity index (χ4v) is 3.13. The Bertz CT molecular complexity index is 800. The van der Waals surface area contributed by atoms with Crippen molar-refractivity contribution in [3.63, 3.8) is 0 Å². The molecule has 2 fully saturated rings. The molecule has 9 nitrogen and oxygen atoms in total. The van der Waals surface area contributed by atoms with Crippen LogP contribution in [0.2, 0.25) is 0 Å². The first kappa shape index (κ1) is 16.7. The van der Waals surface area contributed by atoms with E-state index in [2.05, 4.69) is 20.5 Å². The van der Waals surface area contributed by atoms with E-state index in [-0.39, 0.29) is 13.1 Å². The molecule has 9 heteroatoms. The summed E-state index contributed by atoms with van der Waals surface area (Å²) in [4.78, 5) is 30.2. The molecule has 1 spiro atoms. The van der Waals surface area contributed by atoms with Crippen LogP contribution in [0.1, 0.15) is 12.2 Å². The lowest BCUT2D eigenvalue weighted by Gasteiger charge is -2.21. The molecule has 0 saturated carbocycles. The van der Waals surface area contributed by atoms with Gasteiger partial charge in [-0.2, -0.15) is 5.10 Å². The van der Waals surface area contributed by atoms with Crippen LogP contribution in [0.25, 0.3) is 11.4 Å². The first-order valence-electron chi connectivity index (χ1n) is 8.47. The molecule has 0 aliphatic carbocycles. The normalized spacial score (nSPS) is 18.4. The third-order valence-corrected chi connectivity index (χ3v) is 4.47. The van der Waals surface area contributed by atoms with Crippen LogP contribution < -0.4 is 5.32 Å². The Labute approximate surface area is 149 Å². The van der Waals surface area contributed by atoms with Crippen molar-refractivity contribution in [3.05, 3.63) is 36.2 Å². The molecule has 26 heavy (non-hydrogen) atoms. The molecule has 3 heterocycles. The van der Waals surface area contributed by atoms with Gasteiger partial charge in [-0.1, -0.05) is 30.3 Å². The van der Waals surface area contributed by atoms with Gasteiger partial charge in [0.2, 0.25) is 0 Å². The minimum atomic E-state index is -0.731. The van der Waals surface area contributed by atoms with E-state index in [0.717, 1.165) is 5.56 Å². The molecule has 1 aromatic heterocycles. The number of nitrogens with zero attached hydrogens (tertiary/aromatic N) is 3. The third kappa shape index (κ3) is 3.31. The van der Waals surface area contributed by atoms with Crippen LogP contribution in [0.5, 0.6) is 0 Å². The maximum absolute atomic E-state index is 12.3. The number of rotatable bonds is 3. The SMILES string of the molecule is O=C(NCc1nc(-c2ccccc2)n[nH]1)C(=O)N1CCC2(C1)OCCO2. The zero-order valence-corrected chi connectivity index (χ0v) is 14.1. The maximum atomic E-state index is 12.3. The van der Waals surface area contributed by atoms with Gasteiger partial charge in [-0.25, -0.2) is 4.98 Å². The fraction of sp³-hybridized carbons (Fsp3) is 0.412. The van der Waals surface area contributed by atoms with Gasteiger partial charge >= 0.3 is 11.8 Å². The van der Waals surface area contributed by atoms with Crippen molar-refractivity contribution in [2.24, 2.45) is 0 Å². The molecule has 2 amide bonds. The summed E-state index contributed by atoms with van der Waals surface area (Å²) in [6.07, 6.45) is 0.578. The number of amides is 2. The Morgan fingerprint density at radius 2 is 2.00 bits per heavy atom. The number of hydrogen-bond acceptors (Lipinski definition) is 6. The van der Waals surface area contributed by atoms with Gasteiger partial charge in [0.05, 0.1) is 26.3 Å². The summed E-state index contributed by atoms with van der Waals surface area (Å²) >= 11 is 0. The minimum Gasteiger partial charge on any atom is -0.346 e. The molecular formula is C17H19N5O4. The number of carbonyl (C=O) groups is 2. The third-order valence-electron chi connectivity index (χ3n) is 4.47. The van der Waals surface area contributed by atoms with E-state index >= 15 is 0 Å². The highest BCUT2D eigenvalue weighted by molar-refractivity contribution is 6.35. The van der Waals surface area contributed by atoms with Crippen LogP contribution >= 0.6 is 0 Å². The minimum absolute atomic E-state index is 0.0936. The number of aromatic amines is 1. The van der Waals surface area contributed by atoms with Crippen molar-refractivity contribution >= 4 is 11.8 Å². The van der Waals surface area contributed by atoms with Crippen LogP contribution in [0, 0.1) is 0 Å². The van der Waals surface area contributed by atoms with E-state index in [1.807, 2.05) is 30.3 Å². The highest BCUT2D eigenvalue weighted by Crippen LogP contribution is 2.30. The van der Waals surface area contributed by atoms with Crippen LogP contribution in [-0.2, 0) is 25.6 Å². The van der Waals surface area contributed by atoms with Gasteiger partial charge in [0, 0.05) is 18.5 Å². The van der Waals surface area contributed by atoms with Crippen molar-refractivity contribution in [1.29, 1.82) is 0 Å². The van der Waals surface area contributed by atoms with E-state index in [9.17, 15) is 9.59 Å². The predicted molar refractivity (Wildman–Crippen MR) is 89.5 cm³/mol. The summed E-state index contributed by atoms with van der Waals surface area (Å²) in [6.45, 7) is 1.84. The summed E-state index contributed by atoms with van der Waals surface area (Å²) in [5.74, 6) is -0.990. The number of hydrogen-bond donors (Lipinski definition) is 2. The lowest BCUT2D eigenvalue weighted by molar-refractivity contribution is -0.156. The fourth-order valence-electron chi connectivity index (χ4n) is 3.13. The smallest absolute Gasteiger partial charge is 0.312 e. The Kier molecular flexibility index (Phi) is 4.39. The monoisotopic (exact) mass is 357 g/mol. The maximum Gasteiger partial charge on any atom is 0.312 e. The second-order valence-electron chi connectivity index (χ2n) is 6.24. The van der Waals surface area contributed by atoms with Gasteiger partial charge in [0.15, 0.2) is 11.6 Å². The number of benzene rings is 1. The van der Waals surface area contributed by atoms with Crippen molar-refractivity contribution in [2.75, 3.05) is 26.3 Å². The second-order valence-corrected chi connectivity index (χ2v) is 6.24. The van der Waals surface area contributed by atoms with Crippen molar-refractivity contribution < 1.29 is 19.1 Å². The lowest BCUT2D eigenvalue weighted by Crippen LogP contribution is -2.44. The molecule has 0 unspecified atom stereocenters. The second kappa shape index (κ2) is 6.85. The van der Waals surface area contributed by atoms with Crippen molar-refractivity contribution in [1.82, 2.24) is 25.4 Å². The summed E-state index contributed by atoms with van der Waals surface area (Å²) in [5.41, 5.74) is 0.872. The standard InChI is InChI=1S/C17H19N5O4/c23-15(16(24)22-7-6-17(11-22)25-8-9-26-17)18-10-13-19-14(21-20-13)12-4-2-1-3-5-12/h1-5H,6-11H2,(H,18,23)(H,19,20,21). The van der Waals surface area contributed by atoms with Crippen LogP contribution in [-0.4, -0.2) is 64.0 Å². The zero-order chi connectivity index (χ0) is 18.0. The van der Waals surface area contributed by atoms with Crippen LogP contribution in [0.3, 0.4) is 0 Å². The molecular weight excluding hydrogens is 338 g/mol. The van der Waals surface area contributed by atoms with E-state index in [1.54, 1.807) is 0 Å². The van der Waals surface area contributed by atoms with Crippen LogP contribution in [0.15, 0.2) is 30.3 Å². The molecule has 136 valence electrons. The molecule has 0 radical (unpaired) electrons. The van der Waals surface area contributed by atoms with Gasteiger partial charge in [-0.05, 0) is 0 Å². The molecule has 0 bridgehead atoms. The number of H-pyrrole nitrogens is 1. The summed E-state index contributed by atoms with van der Waals surface area (Å²) in [7, 11) is 0. The first-order chi connectivity index (χ1) is 12.7. The average Bonchev–Trinajstić information content (AvgIpc) is 3.42. The number of nitrogens with one attached hydrogen (secondary N) is 2. The number of aromatic nitrogens is 3. The Hall–Kier alpha value is -2.78. The van der Waals surface area contributed by atoms with Gasteiger partial charge in [0.1, 0.15) is 5.82 Å². The van der Waals surface area contributed by atoms with Crippen molar-refractivity contribution in [3.8, 4) is 11.4 Å². The largest absolute Gasteiger partial charge is 0.346 e. The first-order valence-corrected chi connectivity index (χ1v) is 8.47. The number of carbonyl (C=O) groups excluding carboxylic acids is 2. The average molecular weight is 357 g/mol. The molecule has 0 atom stereocenters. The van der Waals surface area contributed by atoms with Crippen LogP contribution in [0.4, 0.5) is 0 Å². The van der Waals surface area contributed by atoms with E-state index in [1.165, 1.54) is 4.90 Å². The van der Waals surface area contributed by atoms with Gasteiger partial charge in [-0.15, -0.1) is 0 Å². The predicted octanol–water partition coefficient (Wildman–Crippen LogP) is 0.0633. The zero-order valence-electron chi connectivity index (χ0n) is 14.1. The molecule has 2 aromatic rings. The Balaban J connectivity index is 1.31. The molecule has 2 N–H and O–H groups in total. The number of ether oxygens (including phenoxy) is 2. The van der Waals surface area contributed by atoms with Gasteiger partial charge in [-0.3, -0.25) is 14.7 Å².